The summed E-state index contributed by atoms with van der Waals surface area (Å²) in [6, 6.07) is 51.0. The molecule has 0 aliphatic heterocycles. The van der Waals surface area contributed by atoms with E-state index >= 15 is 0 Å². The van der Waals surface area contributed by atoms with Crippen LogP contribution in [-0.4, -0.2) is 9.55 Å². The molecule has 0 saturated carbocycles. The number of furan rings is 1. The van der Waals surface area contributed by atoms with Gasteiger partial charge in [0.1, 0.15) is 17.0 Å². The number of benzene rings is 6. The number of pyridine rings is 1. The number of rotatable bonds is 4. The van der Waals surface area contributed by atoms with Crippen molar-refractivity contribution in [3.63, 3.8) is 0 Å². The van der Waals surface area contributed by atoms with Crippen molar-refractivity contribution < 1.29 is 4.42 Å². The molecule has 0 N–H and O–H groups in total. The van der Waals surface area contributed by atoms with Gasteiger partial charge in [-0.05, 0) is 53.9 Å². The zero-order chi connectivity index (χ0) is 28.3. The molecule has 9 rings (SSSR count). The lowest BCUT2D eigenvalue weighted by Crippen LogP contribution is -2.11. The van der Waals surface area contributed by atoms with Crippen molar-refractivity contribution in [3.05, 3.63) is 152 Å². The van der Waals surface area contributed by atoms with Gasteiger partial charge in [-0.1, -0.05) is 91.0 Å². The van der Waals surface area contributed by atoms with Crippen molar-refractivity contribution in [1.29, 1.82) is 0 Å². The molecule has 4 nitrogen and oxygen atoms in total. The Hall–Kier alpha value is -5.87. The van der Waals surface area contributed by atoms with Crippen LogP contribution in [0.1, 0.15) is 0 Å². The van der Waals surface area contributed by atoms with Gasteiger partial charge >= 0.3 is 0 Å². The molecule has 0 aliphatic rings. The first-order valence-electron chi connectivity index (χ1n) is 14.5. The Morgan fingerprint density at radius 1 is 0.512 bits per heavy atom. The maximum Gasteiger partial charge on any atom is 0.141 e. The molecule has 0 spiro atoms. The second-order valence-corrected chi connectivity index (χ2v) is 10.9. The van der Waals surface area contributed by atoms with Crippen molar-refractivity contribution in [3.8, 4) is 5.69 Å². The first-order valence-corrected chi connectivity index (χ1v) is 14.5. The summed E-state index contributed by atoms with van der Waals surface area (Å²) in [5.41, 5.74) is 7.26. The minimum Gasteiger partial charge on any atom is -0.456 e. The van der Waals surface area contributed by atoms with Gasteiger partial charge in [0.2, 0.25) is 0 Å². The smallest absolute Gasteiger partial charge is 0.141 e. The summed E-state index contributed by atoms with van der Waals surface area (Å²) in [4.78, 5) is 7.11. The lowest BCUT2D eigenvalue weighted by molar-refractivity contribution is 0.668. The number of aromatic nitrogens is 2. The molecule has 9 aromatic rings. The van der Waals surface area contributed by atoms with Crippen LogP contribution in [0.4, 0.5) is 17.2 Å². The molecule has 3 aromatic heterocycles. The highest BCUT2D eigenvalue weighted by Crippen LogP contribution is 2.39. The quantitative estimate of drug-likeness (QED) is 0.218. The highest BCUT2D eigenvalue weighted by molar-refractivity contribution is 6.18. The second-order valence-electron chi connectivity index (χ2n) is 10.9. The molecule has 3 heterocycles. The Kier molecular flexibility index (Phi) is 5.16. The number of anilines is 3. The average Bonchev–Trinajstić information content (AvgIpc) is 3.61. The monoisotopic (exact) mass is 551 g/mol. The topological polar surface area (TPSA) is 34.2 Å². The molecule has 0 amide bonds. The Balaban J connectivity index is 1.23. The van der Waals surface area contributed by atoms with E-state index in [0.29, 0.717) is 0 Å². The van der Waals surface area contributed by atoms with E-state index in [1.54, 1.807) is 0 Å². The predicted molar refractivity (Wildman–Crippen MR) is 178 cm³/mol. The highest BCUT2D eigenvalue weighted by Gasteiger charge is 2.18. The first kappa shape index (κ1) is 23.8. The van der Waals surface area contributed by atoms with Crippen LogP contribution in [0.2, 0.25) is 0 Å². The standard InChI is InChI=1S/C39H25N3O/c1-2-11-27(12-3-1)41(38-24-37-34(25-40-38)32-15-7-9-17-36(32)43-37)28-19-21-29(22-20-28)42-35-16-8-6-14-31(35)33-23-18-26-10-4-5-13-30(26)39(33)42/h1-25H. The van der Waals surface area contributed by atoms with Crippen LogP contribution in [0.25, 0.3) is 60.2 Å². The number of para-hydroxylation sites is 3. The van der Waals surface area contributed by atoms with E-state index in [2.05, 4.69) is 125 Å². The van der Waals surface area contributed by atoms with E-state index in [1.165, 1.54) is 32.6 Å². The lowest BCUT2D eigenvalue weighted by Gasteiger charge is -2.24. The molecule has 0 bridgehead atoms. The molecular weight excluding hydrogens is 526 g/mol. The third-order valence-corrected chi connectivity index (χ3v) is 8.42. The molecule has 6 aromatic carbocycles. The van der Waals surface area contributed by atoms with Crippen LogP contribution >= 0.6 is 0 Å². The van der Waals surface area contributed by atoms with Crippen molar-refractivity contribution in [2.45, 2.75) is 0 Å². The van der Waals surface area contributed by atoms with E-state index in [1.807, 2.05) is 36.5 Å². The minimum atomic E-state index is 0.799. The normalized spacial score (nSPS) is 11.7. The van der Waals surface area contributed by atoms with Crippen LogP contribution in [0.3, 0.4) is 0 Å². The molecule has 4 heteroatoms. The molecule has 0 fully saturated rings. The van der Waals surface area contributed by atoms with Crippen LogP contribution in [0.15, 0.2) is 156 Å². The van der Waals surface area contributed by atoms with Gasteiger partial charge in [0.25, 0.3) is 0 Å². The van der Waals surface area contributed by atoms with E-state index in [-0.39, 0.29) is 0 Å². The Morgan fingerprint density at radius 3 is 2.07 bits per heavy atom. The van der Waals surface area contributed by atoms with Crippen molar-refractivity contribution in [1.82, 2.24) is 9.55 Å². The molecule has 0 aliphatic carbocycles. The SMILES string of the molecule is c1ccc(N(c2ccc(-n3c4ccccc4c4ccc5ccccc5c43)cc2)c2cc3oc4ccccc4c3cn2)cc1. The van der Waals surface area contributed by atoms with Crippen LogP contribution in [-0.2, 0) is 0 Å². The predicted octanol–water partition coefficient (Wildman–Crippen LogP) is 10.7. The average molecular weight is 552 g/mol. The molecule has 0 saturated heterocycles. The van der Waals surface area contributed by atoms with Gasteiger partial charge in [0, 0.05) is 56.3 Å². The fourth-order valence-electron chi connectivity index (χ4n) is 6.47. The number of hydrogen-bond donors (Lipinski definition) is 0. The summed E-state index contributed by atoms with van der Waals surface area (Å²) in [6.07, 6.45) is 1.92. The molecule has 43 heavy (non-hydrogen) atoms. The largest absolute Gasteiger partial charge is 0.456 e. The summed E-state index contributed by atoms with van der Waals surface area (Å²) >= 11 is 0. The van der Waals surface area contributed by atoms with Crippen LogP contribution in [0, 0.1) is 0 Å². The van der Waals surface area contributed by atoms with Gasteiger partial charge < -0.3 is 8.98 Å². The number of nitrogens with zero attached hydrogens (tertiary/aromatic N) is 3. The molecule has 0 unspecified atom stereocenters. The third kappa shape index (κ3) is 3.67. The van der Waals surface area contributed by atoms with Crippen LogP contribution in [0.5, 0.6) is 0 Å². The Bertz CT molecular complexity index is 2450. The summed E-state index contributed by atoms with van der Waals surface area (Å²) in [6.45, 7) is 0. The lowest BCUT2D eigenvalue weighted by atomic mass is 10.1. The summed E-state index contributed by atoms with van der Waals surface area (Å²) in [7, 11) is 0. The molecule has 202 valence electrons. The summed E-state index contributed by atoms with van der Waals surface area (Å²) < 4.78 is 8.62. The van der Waals surface area contributed by atoms with Crippen molar-refractivity contribution >= 4 is 71.7 Å². The van der Waals surface area contributed by atoms with Gasteiger partial charge in [0.05, 0.1) is 11.0 Å². The first-order chi connectivity index (χ1) is 21.3. The second kappa shape index (κ2) is 9.33. The van der Waals surface area contributed by atoms with E-state index < -0.39 is 0 Å². The Labute approximate surface area is 247 Å². The van der Waals surface area contributed by atoms with Gasteiger partial charge in [0.15, 0.2) is 0 Å². The van der Waals surface area contributed by atoms with Gasteiger partial charge in [-0.15, -0.1) is 0 Å². The summed E-state index contributed by atoms with van der Waals surface area (Å²) in [5, 5.41) is 7.08. The molecule has 0 atom stereocenters. The van der Waals surface area contributed by atoms with Crippen LogP contribution < -0.4 is 4.90 Å². The van der Waals surface area contributed by atoms with E-state index in [4.69, 9.17) is 9.40 Å². The van der Waals surface area contributed by atoms with Gasteiger partial charge in [-0.2, -0.15) is 0 Å². The van der Waals surface area contributed by atoms with Crippen molar-refractivity contribution in [2.75, 3.05) is 4.90 Å². The zero-order valence-electron chi connectivity index (χ0n) is 23.2. The molecule has 0 radical (unpaired) electrons. The van der Waals surface area contributed by atoms with Gasteiger partial charge in [-0.25, -0.2) is 4.98 Å². The summed E-state index contributed by atoms with van der Waals surface area (Å²) in [5.74, 6) is 0.799. The molecular formula is C39H25N3O. The number of hydrogen-bond acceptors (Lipinski definition) is 3. The maximum absolute atomic E-state index is 6.23. The van der Waals surface area contributed by atoms with Crippen molar-refractivity contribution in [2.24, 2.45) is 0 Å². The minimum absolute atomic E-state index is 0.799. The van der Waals surface area contributed by atoms with E-state index in [0.717, 1.165) is 44.8 Å². The number of fused-ring (bicyclic) bond motifs is 8. The van der Waals surface area contributed by atoms with Gasteiger partial charge in [-0.3, -0.25) is 4.90 Å². The third-order valence-electron chi connectivity index (χ3n) is 8.42. The zero-order valence-corrected chi connectivity index (χ0v) is 23.2. The highest BCUT2D eigenvalue weighted by atomic mass is 16.3. The Morgan fingerprint density at radius 2 is 1.21 bits per heavy atom. The fraction of sp³-hybridized carbons (Fsp3) is 0. The van der Waals surface area contributed by atoms with E-state index in [9.17, 15) is 0 Å². The maximum atomic E-state index is 6.23. The fourth-order valence-corrected chi connectivity index (χ4v) is 6.47.